The third kappa shape index (κ3) is 6.06. The van der Waals surface area contributed by atoms with Crippen molar-refractivity contribution in [2.24, 2.45) is 11.1 Å². The van der Waals surface area contributed by atoms with Gasteiger partial charge in [0.1, 0.15) is 12.4 Å². The standard InChI is InChI=1S/C17H26ClNO4S/c1-4-14(19-23-8-6-7-18)17-15(20)10-13(11-16(17)21)9-12(3)24(22)5-2/h6-7,12-13,20H,4-5,8-11H2,1-3H3. The number of halogens is 1. The average Bonchev–Trinajstić information content (AvgIpc) is 2.55. The highest BCUT2D eigenvalue weighted by atomic mass is 35.5. The number of carbonyl (C=O) groups is 1. The van der Waals surface area contributed by atoms with E-state index in [1.165, 1.54) is 5.54 Å². The van der Waals surface area contributed by atoms with Crippen LogP contribution in [0.5, 0.6) is 0 Å². The van der Waals surface area contributed by atoms with Crippen LogP contribution in [0, 0.1) is 5.92 Å². The maximum Gasteiger partial charge on any atom is 0.168 e. The predicted molar refractivity (Wildman–Crippen MR) is 98.8 cm³/mol. The fraction of sp³-hybridized carbons (Fsp3) is 0.647. The van der Waals surface area contributed by atoms with Crippen LogP contribution in [0.15, 0.2) is 28.1 Å². The van der Waals surface area contributed by atoms with Crippen molar-refractivity contribution in [3.63, 3.8) is 0 Å². The van der Waals surface area contributed by atoms with E-state index in [0.717, 1.165) is 0 Å². The van der Waals surface area contributed by atoms with Gasteiger partial charge in [0, 0.05) is 40.2 Å². The molecule has 0 spiro atoms. The molecule has 1 rings (SSSR count). The molecule has 3 atom stereocenters. The number of hydrogen-bond donors (Lipinski definition) is 1. The molecule has 1 aliphatic rings. The first-order chi connectivity index (χ1) is 11.4. The molecule has 0 saturated heterocycles. The SMILES string of the molecule is CCC(=NOCC=CCl)C1=C(O)CC(CC(C)S(=O)CC)CC1=O. The van der Waals surface area contributed by atoms with Crippen molar-refractivity contribution in [3.8, 4) is 0 Å². The Morgan fingerprint density at radius 1 is 1.50 bits per heavy atom. The van der Waals surface area contributed by atoms with E-state index in [4.69, 9.17) is 16.4 Å². The Hall–Kier alpha value is -1.14. The number of allylic oxidation sites excluding steroid dienone is 2. The van der Waals surface area contributed by atoms with Gasteiger partial charge >= 0.3 is 0 Å². The first-order valence-corrected chi connectivity index (χ1v) is 10.0. The molecule has 0 aliphatic heterocycles. The van der Waals surface area contributed by atoms with Gasteiger partial charge in [0.05, 0.1) is 11.3 Å². The molecule has 0 aromatic rings. The lowest BCUT2D eigenvalue weighted by Crippen LogP contribution is -2.27. The quantitative estimate of drug-likeness (QED) is 0.377. The molecule has 0 radical (unpaired) electrons. The largest absolute Gasteiger partial charge is 0.511 e. The second kappa shape index (κ2) is 10.7. The molecular weight excluding hydrogens is 350 g/mol. The highest BCUT2D eigenvalue weighted by Crippen LogP contribution is 2.31. The number of aliphatic hydroxyl groups is 1. The summed E-state index contributed by atoms with van der Waals surface area (Å²) in [5, 5.41) is 14.3. The Kier molecular flexibility index (Phi) is 9.29. The number of rotatable bonds is 9. The van der Waals surface area contributed by atoms with E-state index in [-0.39, 0.29) is 34.9 Å². The Labute approximate surface area is 151 Å². The van der Waals surface area contributed by atoms with E-state index in [2.05, 4.69) is 5.16 Å². The zero-order valence-corrected chi connectivity index (χ0v) is 16.0. The Morgan fingerprint density at radius 3 is 2.75 bits per heavy atom. The normalized spacial score (nSPS) is 22.1. The minimum absolute atomic E-state index is 0.0185. The van der Waals surface area contributed by atoms with Gasteiger partial charge in [-0.15, -0.1) is 0 Å². The second-order valence-corrected chi connectivity index (χ2v) is 8.18. The summed E-state index contributed by atoms with van der Waals surface area (Å²) >= 11 is 5.40. The van der Waals surface area contributed by atoms with Gasteiger partial charge in [-0.3, -0.25) is 9.00 Å². The van der Waals surface area contributed by atoms with Gasteiger partial charge in [-0.05, 0) is 24.8 Å². The van der Waals surface area contributed by atoms with Gasteiger partial charge in [0.25, 0.3) is 0 Å². The third-order valence-corrected chi connectivity index (χ3v) is 5.82. The van der Waals surface area contributed by atoms with Crippen molar-refractivity contribution in [3.05, 3.63) is 22.9 Å². The topological polar surface area (TPSA) is 76.0 Å². The predicted octanol–water partition coefficient (Wildman–Crippen LogP) is 3.86. The summed E-state index contributed by atoms with van der Waals surface area (Å²) in [7, 11) is -0.891. The van der Waals surface area contributed by atoms with Crippen molar-refractivity contribution in [2.75, 3.05) is 12.4 Å². The summed E-state index contributed by atoms with van der Waals surface area (Å²) in [6, 6.07) is 0. The van der Waals surface area contributed by atoms with Crippen LogP contribution in [0.1, 0.15) is 46.5 Å². The number of carbonyl (C=O) groups excluding carboxylic acids is 1. The van der Waals surface area contributed by atoms with Gasteiger partial charge in [0.2, 0.25) is 0 Å². The number of aliphatic hydroxyl groups excluding tert-OH is 1. The monoisotopic (exact) mass is 375 g/mol. The van der Waals surface area contributed by atoms with Crippen LogP contribution >= 0.6 is 11.6 Å². The van der Waals surface area contributed by atoms with E-state index in [9.17, 15) is 14.1 Å². The first kappa shape index (κ1) is 20.9. The number of nitrogens with zero attached hydrogens (tertiary/aromatic N) is 1. The van der Waals surface area contributed by atoms with Crippen LogP contribution < -0.4 is 0 Å². The summed E-state index contributed by atoms with van der Waals surface area (Å²) in [5.74, 6) is 0.554. The fourth-order valence-corrected chi connectivity index (χ4v) is 3.94. The van der Waals surface area contributed by atoms with Crippen molar-refractivity contribution in [2.45, 2.75) is 51.7 Å². The van der Waals surface area contributed by atoms with Gasteiger partial charge in [-0.25, -0.2) is 0 Å². The van der Waals surface area contributed by atoms with Crippen molar-refractivity contribution in [1.29, 1.82) is 0 Å². The molecule has 0 aromatic carbocycles. The van der Waals surface area contributed by atoms with Crippen LogP contribution in [-0.2, 0) is 20.4 Å². The van der Waals surface area contributed by atoms with E-state index < -0.39 is 10.8 Å². The van der Waals surface area contributed by atoms with Gasteiger partial charge in [-0.1, -0.05) is 37.5 Å². The maximum absolute atomic E-state index is 12.5. The van der Waals surface area contributed by atoms with Crippen LogP contribution in [0.4, 0.5) is 0 Å². The zero-order valence-electron chi connectivity index (χ0n) is 14.5. The van der Waals surface area contributed by atoms with Gasteiger partial charge < -0.3 is 9.94 Å². The number of hydrogen-bond acceptors (Lipinski definition) is 5. The first-order valence-electron chi connectivity index (χ1n) is 8.21. The minimum atomic E-state index is -0.891. The second-order valence-electron chi connectivity index (χ2n) is 5.78. The van der Waals surface area contributed by atoms with Crippen molar-refractivity contribution < 1.29 is 18.9 Å². The molecule has 5 nitrogen and oxygen atoms in total. The summed E-state index contributed by atoms with van der Waals surface area (Å²) < 4.78 is 11.8. The molecule has 0 amide bonds. The summed E-state index contributed by atoms with van der Waals surface area (Å²) in [6.45, 7) is 5.87. The third-order valence-electron chi connectivity index (χ3n) is 3.98. The van der Waals surface area contributed by atoms with E-state index >= 15 is 0 Å². The molecule has 0 saturated carbocycles. The average molecular weight is 376 g/mol. The molecule has 0 bridgehead atoms. The molecule has 1 aliphatic carbocycles. The maximum atomic E-state index is 12.5. The van der Waals surface area contributed by atoms with E-state index in [1.807, 2.05) is 20.8 Å². The number of ketones is 1. The molecule has 1 N–H and O–H groups in total. The summed E-state index contributed by atoms with van der Waals surface area (Å²) in [4.78, 5) is 17.6. The molecule has 0 aromatic heterocycles. The van der Waals surface area contributed by atoms with E-state index in [1.54, 1.807) is 6.08 Å². The number of oxime groups is 1. The van der Waals surface area contributed by atoms with Crippen molar-refractivity contribution in [1.82, 2.24) is 0 Å². The highest BCUT2D eigenvalue weighted by molar-refractivity contribution is 7.85. The Bertz CT molecular complexity index is 557. The zero-order chi connectivity index (χ0) is 18.1. The lowest BCUT2D eigenvalue weighted by molar-refractivity contribution is -0.116. The molecule has 0 fully saturated rings. The molecule has 24 heavy (non-hydrogen) atoms. The lowest BCUT2D eigenvalue weighted by atomic mass is 9.82. The Balaban J connectivity index is 2.84. The molecule has 3 unspecified atom stereocenters. The fourth-order valence-electron chi connectivity index (χ4n) is 2.81. The van der Waals surface area contributed by atoms with Crippen LogP contribution in [0.3, 0.4) is 0 Å². The smallest absolute Gasteiger partial charge is 0.168 e. The molecular formula is C17H26ClNO4S. The minimum Gasteiger partial charge on any atom is -0.511 e. The highest BCUT2D eigenvalue weighted by Gasteiger charge is 2.31. The molecule has 0 heterocycles. The van der Waals surface area contributed by atoms with Crippen molar-refractivity contribution >= 4 is 33.9 Å². The summed E-state index contributed by atoms with van der Waals surface area (Å²) in [6.07, 6.45) is 3.48. The molecule has 7 heteroatoms. The molecule has 136 valence electrons. The van der Waals surface area contributed by atoms with Crippen LogP contribution in [0.25, 0.3) is 0 Å². The van der Waals surface area contributed by atoms with E-state index in [0.29, 0.717) is 37.1 Å². The number of Topliss-reactive ketones (excluding diaryl/α,β-unsaturated/α-hetero) is 1. The lowest BCUT2D eigenvalue weighted by Gasteiger charge is -2.25. The van der Waals surface area contributed by atoms with Gasteiger partial charge in [0.15, 0.2) is 5.78 Å². The van der Waals surface area contributed by atoms with Crippen LogP contribution in [0.2, 0.25) is 0 Å². The van der Waals surface area contributed by atoms with Crippen LogP contribution in [-0.4, -0.2) is 38.4 Å². The van der Waals surface area contributed by atoms with Gasteiger partial charge in [-0.2, -0.15) is 0 Å². The Morgan fingerprint density at radius 2 is 2.21 bits per heavy atom. The summed E-state index contributed by atoms with van der Waals surface area (Å²) in [5.41, 5.74) is 2.05.